The van der Waals surface area contributed by atoms with Gasteiger partial charge in [0, 0.05) is 18.8 Å². The van der Waals surface area contributed by atoms with Crippen LogP contribution < -0.4 is 5.73 Å². The molecule has 21 heavy (non-hydrogen) atoms. The van der Waals surface area contributed by atoms with E-state index < -0.39 is 10.0 Å². The Morgan fingerprint density at radius 1 is 1.14 bits per heavy atom. The highest BCUT2D eigenvalue weighted by Crippen LogP contribution is 2.30. The van der Waals surface area contributed by atoms with Crippen molar-refractivity contribution in [3.8, 4) is 0 Å². The number of sulfonamides is 1. The summed E-state index contributed by atoms with van der Waals surface area (Å²) in [6.45, 7) is 1.83. The molecular formula is C15H17ClN2O2S. The number of hydrogen-bond acceptors (Lipinski definition) is 3. The molecule has 0 amide bonds. The molecule has 4 nitrogen and oxygen atoms in total. The SMILES string of the molecule is CC(c1ccccc1)N(C)S(=O)(=O)c1cc(N)ccc1Cl. The largest absolute Gasteiger partial charge is 0.399 e. The fraction of sp³-hybridized carbons (Fsp3) is 0.200. The first-order valence-corrected chi connectivity index (χ1v) is 8.24. The second kappa shape index (κ2) is 6.05. The maximum absolute atomic E-state index is 12.7. The predicted octanol–water partition coefficient (Wildman–Crippen LogP) is 3.30. The summed E-state index contributed by atoms with van der Waals surface area (Å²) in [4.78, 5) is 0.0226. The van der Waals surface area contributed by atoms with E-state index in [4.69, 9.17) is 17.3 Å². The van der Waals surface area contributed by atoms with Crippen molar-refractivity contribution in [1.82, 2.24) is 4.31 Å². The van der Waals surface area contributed by atoms with Crippen molar-refractivity contribution < 1.29 is 8.42 Å². The second-order valence-electron chi connectivity index (χ2n) is 4.80. The molecule has 0 fully saturated rings. The van der Waals surface area contributed by atoms with Gasteiger partial charge in [-0.3, -0.25) is 0 Å². The summed E-state index contributed by atoms with van der Waals surface area (Å²) < 4.78 is 26.7. The van der Waals surface area contributed by atoms with E-state index in [1.807, 2.05) is 37.3 Å². The Labute approximate surface area is 130 Å². The number of nitrogens with zero attached hydrogens (tertiary/aromatic N) is 1. The van der Waals surface area contributed by atoms with Crippen molar-refractivity contribution in [1.29, 1.82) is 0 Å². The van der Waals surface area contributed by atoms with Crippen LogP contribution in [0.15, 0.2) is 53.4 Å². The Balaban J connectivity index is 2.41. The van der Waals surface area contributed by atoms with Crippen LogP contribution >= 0.6 is 11.6 Å². The first-order chi connectivity index (χ1) is 9.84. The van der Waals surface area contributed by atoms with Gasteiger partial charge in [-0.05, 0) is 30.7 Å². The number of nitrogen functional groups attached to an aromatic ring is 1. The van der Waals surface area contributed by atoms with Gasteiger partial charge in [-0.2, -0.15) is 4.31 Å². The molecule has 0 aliphatic rings. The molecule has 2 rings (SSSR count). The molecule has 0 radical (unpaired) electrons. The minimum atomic E-state index is -3.72. The quantitative estimate of drug-likeness (QED) is 0.878. The van der Waals surface area contributed by atoms with Gasteiger partial charge in [-0.15, -0.1) is 0 Å². The van der Waals surface area contributed by atoms with E-state index in [1.54, 1.807) is 6.07 Å². The summed E-state index contributed by atoms with van der Waals surface area (Å²) in [6, 6.07) is 13.5. The number of rotatable bonds is 4. The molecular weight excluding hydrogens is 308 g/mol. The van der Waals surface area contributed by atoms with Crippen molar-refractivity contribution in [2.45, 2.75) is 17.9 Å². The lowest BCUT2D eigenvalue weighted by Gasteiger charge is -2.25. The Bertz CT molecular complexity index is 733. The molecule has 0 aliphatic carbocycles. The summed E-state index contributed by atoms with van der Waals surface area (Å²) in [6.07, 6.45) is 0. The van der Waals surface area contributed by atoms with Crippen LogP contribution in [0.2, 0.25) is 5.02 Å². The zero-order chi connectivity index (χ0) is 15.6. The van der Waals surface area contributed by atoms with Gasteiger partial charge in [0.15, 0.2) is 0 Å². The number of halogens is 1. The first kappa shape index (κ1) is 15.8. The Kier molecular flexibility index (Phi) is 4.56. The Morgan fingerprint density at radius 3 is 2.38 bits per heavy atom. The van der Waals surface area contributed by atoms with E-state index >= 15 is 0 Å². The zero-order valence-electron chi connectivity index (χ0n) is 11.8. The summed E-state index contributed by atoms with van der Waals surface area (Å²) in [5, 5.41) is 0.163. The average molecular weight is 325 g/mol. The van der Waals surface area contributed by atoms with Gasteiger partial charge in [0.2, 0.25) is 10.0 Å². The van der Waals surface area contributed by atoms with Crippen molar-refractivity contribution in [2.75, 3.05) is 12.8 Å². The lowest BCUT2D eigenvalue weighted by Crippen LogP contribution is -2.30. The molecule has 2 aromatic rings. The van der Waals surface area contributed by atoms with Crippen LogP contribution in [-0.2, 0) is 10.0 Å². The standard InChI is InChI=1S/C15H17ClN2O2S/c1-11(12-6-4-3-5-7-12)18(2)21(19,20)15-10-13(17)8-9-14(15)16/h3-11H,17H2,1-2H3. The number of anilines is 1. The second-order valence-corrected chi connectivity index (χ2v) is 7.17. The number of benzene rings is 2. The molecule has 2 aromatic carbocycles. The maximum Gasteiger partial charge on any atom is 0.244 e. The summed E-state index contributed by atoms with van der Waals surface area (Å²) >= 11 is 6.01. The molecule has 1 unspecified atom stereocenters. The van der Waals surface area contributed by atoms with Gasteiger partial charge >= 0.3 is 0 Å². The van der Waals surface area contributed by atoms with Crippen molar-refractivity contribution in [3.05, 3.63) is 59.1 Å². The smallest absolute Gasteiger partial charge is 0.244 e. The molecule has 112 valence electrons. The van der Waals surface area contributed by atoms with Gasteiger partial charge in [0.25, 0.3) is 0 Å². The topological polar surface area (TPSA) is 63.4 Å². The Morgan fingerprint density at radius 2 is 1.76 bits per heavy atom. The van der Waals surface area contributed by atoms with Gasteiger partial charge in [0.1, 0.15) is 4.90 Å². The van der Waals surface area contributed by atoms with Crippen molar-refractivity contribution in [3.63, 3.8) is 0 Å². The maximum atomic E-state index is 12.7. The first-order valence-electron chi connectivity index (χ1n) is 6.42. The minimum absolute atomic E-state index is 0.0226. The fourth-order valence-electron chi connectivity index (χ4n) is 2.02. The average Bonchev–Trinajstić information content (AvgIpc) is 2.49. The minimum Gasteiger partial charge on any atom is -0.399 e. The van der Waals surface area contributed by atoms with Crippen LogP contribution in [-0.4, -0.2) is 19.8 Å². The third kappa shape index (κ3) is 3.20. The predicted molar refractivity (Wildman–Crippen MR) is 85.7 cm³/mol. The molecule has 6 heteroatoms. The third-order valence-corrected chi connectivity index (χ3v) is 5.85. The lowest BCUT2D eigenvalue weighted by molar-refractivity contribution is 0.398. The molecule has 0 aliphatic heterocycles. The van der Waals surface area contributed by atoms with Crippen LogP contribution in [0.25, 0.3) is 0 Å². The van der Waals surface area contributed by atoms with E-state index in [0.717, 1.165) is 5.56 Å². The van der Waals surface area contributed by atoms with Crippen LogP contribution in [0, 0.1) is 0 Å². The summed E-state index contributed by atoms with van der Waals surface area (Å²) in [5.41, 5.74) is 6.94. The highest BCUT2D eigenvalue weighted by Gasteiger charge is 2.28. The summed E-state index contributed by atoms with van der Waals surface area (Å²) in [5.74, 6) is 0. The Hall–Kier alpha value is -1.56. The van der Waals surface area contributed by atoms with Crippen LogP contribution in [0.4, 0.5) is 5.69 Å². The highest BCUT2D eigenvalue weighted by atomic mass is 35.5. The molecule has 0 saturated heterocycles. The third-order valence-electron chi connectivity index (χ3n) is 3.44. The molecule has 0 bridgehead atoms. The normalized spacial score (nSPS) is 13.3. The van der Waals surface area contributed by atoms with Crippen molar-refractivity contribution >= 4 is 27.3 Å². The highest BCUT2D eigenvalue weighted by molar-refractivity contribution is 7.89. The molecule has 0 heterocycles. The van der Waals surface area contributed by atoms with Gasteiger partial charge in [-0.25, -0.2) is 8.42 Å². The monoisotopic (exact) mass is 324 g/mol. The fourth-order valence-corrected chi connectivity index (χ4v) is 3.88. The van der Waals surface area contributed by atoms with E-state index in [1.165, 1.54) is 23.5 Å². The van der Waals surface area contributed by atoms with E-state index in [0.29, 0.717) is 5.69 Å². The summed E-state index contributed by atoms with van der Waals surface area (Å²) in [7, 11) is -2.18. The van der Waals surface area contributed by atoms with E-state index in [-0.39, 0.29) is 16.0 Å². The van der Waals surface area contributed by atoms with Crippen molar-refractivity contribution in [2.24, 2.45) is 0 Å². The molecule has 2 N–H and O–H groups in total. The molecule has 0 saturated carbocycles. The zero-order valence-corrected chi connectivity index (χ0v) is 13.4. The van der Waals surface area contributed by atoms with Crippen LogP contribution in [0.1, 0.15) is 18.5 Å². The number of hydrogen-bond donors (Lipinski definition) is 1. The molecule has 0 spiro atoms. The van der Waals surface area contributed by atoms with Gasteiger partial charge < -0.3 is 5.73 Å². The molecule has 0 aromatic heterocycles. The van der Waals surface area contributed by atoms with Gasteiger partial charge in [-0.1, -0.05) is 41.9 Å². The number of nitrogens with two attached hydrogens (primary N) is 1. The molecule has 1 atom stereocenters. The van der Waals surface area contributed by atoms with Crippen LogP contribution in [0.5, 0.6) is 0 Å². The van der Waals surface area contributed by atoms with Crippen LogP contribution in [0.3, 0.4) is 0 Å². The van der Waals surface area contributed by atoms with E-state index in [2.05, 4.69) is 0 Å². The lowest BCUT2D eigenvalue weighted by atomic mass is 10.1. The van der Waals surface area contributed by atoms with Gasteiger partial charge in [0.05, 0.1) is 5.02 Å². The van der Waals surface area contributed by atoms with E-state index in [9.17, 15) is 8.42 Å².